The van der Waals surface area contributed by atoms with Gasteiger partial charge in [-0.15, -0.1) is 0 Å². The van der Waals surface area contributed by atoms with E-state index in [0.717, 1.165) is 31.1 Å². The molecule has 1 N–H and O–H groups in total. The van der Waals surface area contributed by atoms with Gasteiger partial charge in [0.2, 0.25) is 0 Å². The maximum absolute atomic E-state index is 12.7. The molecule has 0 heterocycles. The number of aliphatic hydroxyl groups is 1. The summed E-state index contributed by atoms with van der Waals surface area (Å²) in [6.45, 7) is 0. The van der Waals surface area contributed by atoms with Crippen molar-refractivity contribution in [3.05, 3.63) is 71.8 Å². The summed E-state index contributed by atoms with van der Waals surface area (Å²) in [5, 5.41) is 8.94. The molecular weight excluding hydrogens is 415 g/mol. The Morgan fingerprint density at radius 1 is 0.742 bits per heavy atom. The molecule has 7 heteroatoms. The number of hydrogen-bond acceptors (Lipinski definition) is 2. The Bertz CT molecular complexity index is 718. The van der Waals surface area contributed by atoms with Crippen molar-refractivity contribution in [2.45, 2.75) is 69.6 Å². The quantitative estimate of drug-likeness (QED) is 0.242. The number of aldehydes is 1. The Kier molecular flexibility index (Phi) is 12.0. The van der Waals surface area contributed by atoms with Crippen LogP contribution >= 0.6 is 0 Å². The summed E-state index contributed by atoms with van der Waals surface area (Å²) in [5.74, 6) is -5.04. The van der Waals surface area contributed by atoms with Crippen molar-refractivity contribution >= 4 is 6.29 Å². The van der Waals surface area contributed by atoms with E-state index >= 15 is 0 Å². The largest absolute Gasteiger partial charge is 0.456 e. The highest BCUT2D eigenvalue weighted by atomic mass is 19.4. The molecule has 2 aromatic carbocycles. The van der Waals surface area contributed by atoms with Gasteiger partial charge in [-0.25, -0.2) is 0 Å². The Hall–Kier alpha value is -2.28. The number of benzene rings is 2. The maximum Gasteiger partial charge on any atom is 0.456 e. The molecule has 0 aliphatic carbocycles. The number of unbranched alkanes of at least 4 members (excludes halogenated alkanes) is 3. The van der Waals surface area contributed by atoms with Crippen LogP contribution in [0.4, 0.5) is 22.0 Å². The lowest BCUT2D eigenvalue weighted by Gasteiger charge is -2.24. The van der Waals surface area contributed by atoms with Crippen molar-refractivity contribution in [3.8, 4) is 0 Å². The van der Waals surface area contributed by atoms with E-state index < -0.39 is 24.6 Å². The molecule has 0 spiro atoms. The van der Waals surface area contributed by atoms with Gasteiger partial charge in [-0.3, -0.25) is 0 Å². The van der Waals surface area contributed by atoms with Crippen LogP contribution in [0.15, 0.2) is 60.7 Å². The van der Waals surface area contributed by atoms with Crippen molar-refractivity contribution in [3.63, 3.8) is 0 Å². The Labute approximate surface area is 180 Å². The fourth-order valence-corrected chi connectivity index (χ4v) is 2.88. The molecule has 2 rings (SSSR count). The molecule has 172 valence electrons. The zero-order valence-electron chi connectivity index (χ0n) is 17.3. The standard InChI is InChI=1S/C13H15F5O.C11H14O/c14-12(15,13(16,17)18)11(19)9-5-4-8-10-6-2-1-3-7-10;12-10-6-2-5-9-11-7-3-1-4-8-11/h1-3,6-7,11,19H,4-5,8-9H2;1,3-4,7-8,10H,2,5-6,9H2. The monoisotopic (exact) mass is 444 g/mol. The molecule has 31 heavy (non-hydrogen) atoms. The van der Waals surface area contributed by atoms with E-state index in [2.05, 4.69) is 24.3 Å². The first-order chi connectivity index (χ1) is 14.7. The predicted molar refractivity (Wildman–Crippen MR) is 111 cm³/mol. The summed E-state index contributed by atoms with van der Waals surface area (Å²) >= 11 is 0. The molecule has 0 saturated heterocycles. The normalized spacial score (nSPS) is 12.6. The Balaban J connectivity index is 0.000000343. The summed E-state index contributed by atoms with van der Waals surface area (Å²) in [7, 11) is 0. The molecule has 0 aliphatic rings. The van der Waals surface area contributed by atoms with Crippen LogP contribution in [0.5, 0.6) is 0 Å². The van der Waals surface area contributed by atoms with E-state index in [4.69, 9.17) is 5.11 Å². The van der Waals surface area contributed by atoms with Gasteiger partial charge in [-0.05, 0) is 49.7 Å². The van der Waals surface area contributed by atoms with Crippen LogP contribution in [-0.2, 0) is 17.6 Å². The highest BCUT2D eigenvalue weighted by Gasteiger charge is 2.61. The lowest BCUT2D eigenvalue weighted by Crippen LogP contribution is -2.46. The van der Waals surface area contributed by atoms with Crippen molar-refractivity contribution in [2.24, 2.45) is 0 Å². The number of rotatable bonds is 11. The van der Waals surface area contributed by atoms with Crippen molar-refractivity contribution in [1.82, 2.24) is 0 Å². The number of halogens is 5. The molecular formula is C24H29F5O2. The molecule has 0 bridgehead atoms. The van der Waals surface area contributed by atoms with E-state index in [1.54, 1.807) is 0 Å². The van der Waals surface area contributed by atoms with E-state index in [9.17, 15) is 26.7 Å². The molecule has 0 amide bonds. The third-order valence-corrected chi connectivity index (χ3v) is 4.71. The highest BCUT2D eigenvalue weighted by Crippen LogP contribution is 2.39. The summed E-state index contributed by atoms with van der Waals surface area (Å²) in [6, 6.07) is 19.5. The van der Waals surface area contributed by atoms with Crippen LogP contribution < -0.4 is 0 Å². The topological polar surface area (TPSA) is 37.3 Å². The Morgan fingerprint density at radius 3 is 1.61 bits per heavy atom. The number of carbonyl (C=O) groups excluding carboxylic acids is 1. The minimum absolute atomic E-state index is 0.113. The number of aryl methyl sites for hydroxylation is 2. The third-order valence-electron chi connectivity index (χ3n) is 4.71. The molecule has 0 saturated carbocycles. The molecule has 2 aromatic rings. The van der Waals surface area contributed by atoms with Gasteiger partial charge in [-0.2, -0.15) is 22.0 Å². The molecule has 0 aliphatic heterocycles. The summed E-state index contributed by atoms with van der Waals surface area (Å²) in [4.78, 5) is 10.0. The fraction of sp³-hybridized carbons (Fsp3) is 0.458. The molecule has 0 radical (unpaired) electrons. The second-order valence-corrected chi connectivity index (χ2v) is 7.27. The van der Waals surface area contributed by atoms with Gasteiger partial charge in [0.25, 0.3) is 0 Å². The number of carbonyl (C=O) groups is 1. The van der Waals surface area contributed by atoms with Crippen molar-refractivity contribution in [2.75, 3.05) is 0 Å². The second kappa shape index (κ2) is 13.9. The van der Waals surface area contributed by atoms with E-state index in [1.807, 2.05) is 36.4 Å². The zero-order valence-corrected chi connectivity index (χ0v) is 17.3. The van der Waals surface area contributed by atoms with Crippen LogP contribution in [0.1, 0.15) is 49.7 Å². The summed E-state index contributed by atoms with van der Waals surface area (Å²) in [5.41, 5.74) is 2.35. The van der Waals surface area contributed by atoms with Gasteiger partial charge >= 0.3 is 12.1 Å². The third kappa shape index (κ3) is 10.5. The van der Waals surface area contributed by atoms with Crippen molar-refractivity contribution in [1.29, 1.82) is 0 Å². The van der Waals surface area contributed by atoms with Gasteiger partial charge in [-0.1, -0.05) is 67.1 Å². The lowest BCUT2D eigenvalue weighted by molar-refractivity contribution is -0.313. The summed E-state index contributed by atoms with van der Waals surface area (Å²) < 4.78 is 61.2. The molecule has 1 unspecified atom stereocenters. The molecule has 1 atom stereocenters. The number of hydrogen-bond donors (Lipinski definition) is 1. The van der Waals surface area contributed by atoms with Crippen LogP contribution in [-0.4, -0.2) is 29.6 Å². The fourth-order valence-electron chi connectivity index (χ4n) is 2.88. The van der Waals surface area contributed by atoms with Crippen LogP contribution in [0.25, 0.3) is 0 Å². The minimum Gasteiger partial charge on any atom is -0.386 e. The molecule has 0 fully saturated rings. The summed E-state index contributed by atoms with van der Waals surface area (Å²) in [6.07, 6.45) is -2.89. The average Bonchev–Trinajstić information content (AvgIpc) is 2.75. The van der Waals surface area contributed by atoms with Gasteiger partial charge in [0.15, 0.2) is 0 Å². The lowest BCUT2D eigenvalue weighted by atomic mass is 10.0. The maximum atomic E-state index is 12.7. The van der Waals surface area contributed by atoms with E-state index in [-0.39, 0.29) is 6.42 Å². The second-order valence-electron chi connectivity index (χ2n) is 7.27. The first kappa shape index (κ1) is 26.8. The van der Waals surface area contributed by atoms with Gasteiger partial charge in [0, 0.05) is 6.42 Å². The van der Waals surface area contributed by atoms with Crippen LogP contribution in [0.3, 0.4) is 0 Å². The van der Waals surface area contributed by atoms with Gasteiger partial charge in [0.1, 0.15) is 12.4 Å². The molecule has 2 nitrogen and oxygen atoms in total. The predicted octanol–water partition coefficient (Wildman–Crippen LogP) is 6.56. The van der Waals surface area contributed by atoms with E-state index in [0.29, 0.717) is 19.3 Å². The first-order valence-electron chi connectivity index (χ1n) is 10.3. The minimum atomic E-state index is -5.70. The van der Waals surface area contributed by atoms with E-state index in [1.165, 1.54) is 5.56 Å². The zero-order chi connectivity index (χ0) is 23.2. The number of alkyl halides is 5. The van der Waals surface area contributed by atoms with Crippen LogP contribution in [0, 0.1) is 0 Å². The van der Waals surface area contributed by atoms with Crippen LogP contribution in [0.2, 0.25) is 0 Å². The van der Waals surface area contributed by atoms with Gasteiger partial charge in [0.05, 0.1) is 0 Å². The smallest absolute Gasteiger partial charge is 0.386 e. The highest BCUT2D eigenvalue weighted by molar-refractivity contribution is 5.48. The SMILES string of the molecule is O=CCCCCc1ccccc1.OC(CCCCc1ccccc1)C(F)(F)C(F)(F)F. The number of aliphatic hydroxyl groups excluding tert-OH is 1. The molecule has 0 aromatic heterocycles. The Morgan fingerprint density at radius 2 is 1.19 bits per heavy atom. The first-order valence-corrected chi connectivity index (χ1v) is 10.3. The average molecular weight is 444 g/mol. The van der Waals surface area contributed by atoms with Gasteiger partial charge < -0.3 is 9.90 Å². The van der Waals surface area contributed by atoms with Crippen molar-refractivity contribution < 1.29 is 31.9 Å².